The number of halogens is 4. The van der Waals surface area contributed by atoms with E-state index in [0.29, 0.717) is 17.9 Å². The molecule has 1 saturated carbocycles. The largest absolute Gasteiger partial charge is 0.439 e. The molecular weight excluding hydrogens is 393 g/mol. The topological polar surface area (TPSA) is 52.9 Å². The Bertz CT molecular complexity index is 792. The molecule has 0 saturated heterocycles. The van der Waals surface area contributed by atoms with Crippen LogP contribution in [-0.2, 0) is 0 Å². The predicted octanol–water partition coefficient (Wildman–Crippen LogP) is 5.26. The second-order valence-corrected chi connectivity index (χ2v) is 8.74. The van der Waals surface area contributed by atoms with Gasteiger partial charge < -0.3 is 5.11 Å². The number of amides is 1. The van der Waals surface area contributed by atoms with Crippen LogP contribution in [0.2, 0.25) is 5.02 Å². The molecule has 1 N–H and O–H groups in total. The summed E-state index contributed by atoms with van der Waals surface area (Å²) in [6.45, 7) is 6.06. The van der Waals surface area contributed by atoms with Gasteiger partial charge in [0.05, 0.1) is 5.92 Å². The lowest BCUT2D eigenvalue weighted by molar-refractivity contribution is -0.314. The Labute approximate surface area is 167 Å². The summed E-state index contributed by atoms with van der Waals surface area (Å²) in [5, 5.41) is 15.4. The van der Waals surface area contributed by atoms with Crippen molar-refractivity contribution in [3.05, 3.63) is 34.9 Å². The van der Waals surface area contributed by atoms with E-state index >= 15 is 0 Å². The second kappa shape index (κ2) is 7.02. The van der Waals surface area contributed by atoms with Crippen LogP contribution in [0.1, 0.15) is 56.8 Å². The first-order valence-corrected chi connectivity index (χ1v) is 9.76. The number of hydrogen-bond donors (Lipinski definition) is 1. The number of aliphatic hydroxyl groups is 1. The lowest BCUT2D eigenvalue weighted by Gasteiger charge is -2.43. The number of carbonyl (C=O) groups excluding carboxylic acids is 1. The molecule has 1 fully saturated rings. The Kier molecular flexibility index (Phi) is 5.30. The summed E-state index contributed by atoms with van der Waals surface area (Å²) in [4.78, 5) is 12.8. The number of benzene rings is 1. The third-order valence-corrected chi connectivity index (χ3v) is 6.68. The zero-order valence-electron chi connectivity index (χ0n) is 16.1. The molecule has 1 aliphatic heterocycles. The lowest BCUT2D eigenvalue weighted by Crippen LogP contribution is -2.62. The van der Waals surface area contributed by atoms with Crippen molar-refractivity contribution in [3.63, 3.8) is 0 Å². The third kappa shape index (κ3) is 3.32. The first-order chi connectivity index (χ1) is 12.9. The van der Waals surface area contributed by atoms with Gasteiger partial charge in [0.2, 0.25) is 0 Å². The smallest absolute Gasteiger partial charge is 0.362 e. The van der Waals surface area contributed by atoms with Crippen LogP contribution < -0.4 is 0 Å². The molecule has 8 heteroatoms. The van der Waals surface area contributed by atoms with Gasteiger partial charge in [0.25, 0.3) is 11.6 Å². The highest BCUT2D eigenvalue weighted by molar-refractivity contribution is 6.30. The van der Waals surface area contributed by atoms with Gasteiger partial charge in [0, 0.05) is 16.3 Å². The molecule has 1 aromatic rings. The van der Waals surface area contributed by atoms with E-state index in [1.165, 1.54) is 24.3 Å². The number of fused-ring (bicyclic) bond motifs is 1. The Morgan fingerprint density at radius 1 is 1.32 bits per heavy atom. The number of nitrogens with zero attached hydrogens (tertiary/aromatic N) is 2. The minimum absolute atomic E-state index is 0.000842. The monoisotopic (exact) mass is 416 g/mol. The average molecular weight is 417 g/mol. The normalized spacial score (nSPS) is 28.1. The van der Waals surface area contributed by atoms with Crippen molar-refractivity contribution in [2.24, 2.45) is 22.4 Å². The van der Waals surface area contributed by atoms with Gasteiger partial charge in [0.15, 0.2) is 0 Å². The molecule has 0 bridgehead atoms. The van der Waals surface area contributed by atoms with E-state index in [9.17, 15) is 23.1 Å². The summed E-state index contributed by atoms with van der Waals surface area (Å²) in [5.74, 6) is -2.25. The maximum atomic E-state index is 14.1. The van der Waals surface area contributed by atoms with Crippen molar-refractivity contribution in [3.8, 4) is 0 Å². The van der Waals surface area contributed by atoms with E-state index in [0.717, 1.165) is 6.42 Å². The molecule has 1 amide bonds. The number of hydrogen-bond acceptors (Lipinski definition) is 3. The van der Waals surface area contributed by atoms with Crippen molar-refractivity contribution >= 4 is 23.2 Å². The lowest BCUT2D eigenvalue weighted by atomic mass is 9.64. The highest BCUT2D eigenvalue weighted by Crippen LogP contribution is 2.52. The Hall–Kier alpha value is -1.60. The van der Waals surface area contributed by atoms with E-state index < -0.39 is 23.7 Å². The Morgan fingerprint density at radius 2 is 1.93 bits per heavy atom. The van der Waals surface area contributed by atoms with Crippen molar-refractivity contribution in [1.29, 1.82) is 0 Å². The van der Waals surface area contributed by atoms with E-state index in [1.54, 1.807) is 0 Å². The van der Waals surface area contributed by atoms with E-state index in [2.05, 4.69) is 5.10 Å². The predicted molar refractivity (Wildman–Crippen MR) is 101 cm³/mol. The molecule has 0 aromatic heterocycles. The summed E-state index contributed by atoms with van der Waals surface area (Å²) >= 11 is 5.79. The number of rotatable bonds is 3. The first kappa shape index (κ1) is 21.1. The van der Waals surface area contributed by atoms with Crippen molar-refractivity contribution in [2.75, 3.05) is 0 Å². The SMILES string of the molecule is CCC(C)(C)[C@@H]1CCC2=NN(C(=O)c3ccc(Cl)cc3)[C@@](O)(C(F)(F)F)[C@@H]2C1. The van der Waals surface area contributed by atoms with Gasteiger partial charge in [-0.25, -0.2) is 0 Å². The maximum Gasteiger partial charge on any atom is 0.439 e. The molecule has 0 radical (unpaired) electrons. The van der Waals surface area contributed by atoms with Gasteiger partial charge in [-0.05, 0) is 54.9 Å². The highest BCUT2D eigenvalue weighted by atomic mass is 35.5. The zero-order chi connectivity index (χ0) is 20.9. The van der Waals surface area contributed by atoms with Crippen LogP contribution >= 0.6 is 11.6 Å². The summed E-state index contributed by atoms with van der Waals surface area (Å²) in [6, 6.07) is 5.48. The van der Waals surface area contributed by atoms with Crippen molar-refractivity contribution < 1.29 is 23.1 Å². The molecule has 0 unspecified atom stereocenters. The highest BCUT2D eigenvalue weighted by Gasteiger charge is 2.69. The fourth-order valence-electron chi connectivity index (χ4n) is 4.13. The van der Waals surface area contributed by atoms with Gasteiger partial charge in [0.1, 0.15) is 0 Å². The van der Waals surface area contributed by atoms with Crippen LogP contribution in [0.25, 0.3) is 0 Å². The van der Waals surface area contributed by atoms with Crippen molar-refractivity contribution in [1.82, 2.24) is 5.01 Å². The summed E-state index contributed by atoms with van der Waals surface area (Å²) in [7, 11) is 0. The Balaban J connectivity index is 2.00. The molecular formula is C20H24ClF3N2O2. The van der Waals surface area contributed by atoms with Crippen LogP contribution in [0.15, 0.2) is 29.4 Å². The molecule has 3 atom stereocenters. The molecule has 4 nitrogen and oxygen atoms in total. The van der Waals surface area contributed by atoms with E-state index in [1.807, 2.05) is 20.8 Å². The molecule has 1 aliphatic carbocycles. The fraction of sp³-hybridized carbons (Fsp3) is 0.600. The average Bonchev–Trinajstić information content (AvgIpc) is 2.95. The van der Waals surface area contributed by atoms with Gasteiger partial charge in [-0.3, -0.25) is 4.79 Å². The van der Waals surface area contributed by atoms with Crippen LogP contribution in [-0.4, -0.2) is 33.6 Å². The first-order valence-electron chi connectivity index (χ1n) is 9.38. The molecule has 1 aromatic carbocycles. The summed E-state index contributed by atoms with van der Waals surface area (Å²) in [6.07, 6.45) is -3.06. The molecule has 3 rings (SSSR count). The minimum atomic E-state index is -5.04. The van der Waals surface area contributed by atoms with Gasteiger partial charge in [-0.2, -0.15) is 23.3 Å². The summed E-state index contributed by atoms with van der Waals surface area (Å²) < 4.78 is 42.2. The molecule has 28 heavy (non-hydrogen) atoms. The van der Waals surface area contributed by atoms with Gasteiger partial charge in [-0.15, -0.1) is 0 Å². The number of carbonyl (C=O) groups is 1. The molecule has 0 spiro atoms. The number of alkyl halides is 3. The van der Waals surface area contributed by atoms with E-state index in [4.69, 9.17) is 11.6 Å². The van der Waals surface area contributed by atoms with Gasteiger partial charge >= 0.3 is 6.18 Å². The van der Waals surface area contributed by atoms with Crippen LogP contribution in [0, 0.1) is 17.3 Å². The Morgan fingerprint density at radius 3 is 2.46 bits per heavy atom. The van der Waals surface area contributed by atoms with Gasteiger partial charge in [-0.1, -0.05) is 38.8 Å². The maximum absolute atomic E-state index is 14.1. The third-order valence-electron chi connectivity index (χ3n) is 6.43. The van der Waals surface area contributed by atoms with Crippen molar-refractivity contribution in [2.45, 2.75) is 58.4 Å². The minimum Gasteiger partial charge on any atom is -0.362 e. The molecule has 2 aliphatic rings. The van der Waals surface area contributed by atoms with Crippen LogP contribution in [0.5, 0.6) is 0 Å². The standard InChI is InChI=1S/C20H24ClF3N2O2/c1-4-18(2,3)13-7-10-16-15(11-13)19(28,20(22,23)24)26(25-16)17(27)12-5-8-14(21)9-6-12/h5-6,8-9,13,15,28H,4,7,10-11H2,1-3H3/t13-,15-,19+/m1/s1. The summed E-state index contributed by atoms with van der Waals surface area (Å²) in [5.41, 5.74) is -3.28. The fourth-order valence-corrected chi connectivity index (χ4v) is 4.26. The molecule has 154 valence electrons. The van der Waals surface area contributed by atoms with Crippen LogP contribution in [0.3, 0.4) is 0 Å². The number of hydrazone groups is 1. The zero-order valence-corrected chi connectivity index (χ0v) is 16.8. The molecule has 1 heterocycles. The quantitative estimate of drug-likeness (QED) is 0.731. The van der Waals surface area contributed by atoms with Crippen LogP contribution in [0.4, 0.5) is 13.2 Å². The van der Waals surface area contributed by atoms with E-state index in [-0.39, 0.29) is 34.0 Å². The second-order valence-electron chi connectivity index (χ2n) is 8.31.